The first-order valence-corrected chi connectivity index (χ1v) is 12.7. The van der Waals surface area contributed by atoms with Gasteiger partial charge in [-0.15, -0.1) is 0 Å². The van der Waals surface area contributed by atoms with Gasteiger partial charge in [0, 0.05) is 52.4 Å². The van der Waals surface area contributed by atoms with Crippen molar-refractivity contribution in [2.45, 2.75) is 11.8 Å². The van der Waals surface area contributed by atoms with Crippen LogP contribution in [0.25, 0.3) is 0 Å². The number of rotatable bonds is 5. The second kappa shape index (κ2) is 9.84. The van der Waals surface area contributed by atoms with E-state index in [1.54, 1.807) is 47.1 Å². The van der Waals surface area contributed by atoms with E-state index in [9.17, 15) is 18.0 Å². The maximum absolute atomic E-state index is 12.9. The third-order valence-electron chi connectivity index (χ3n) is 6.02. The van der Waals surface area contributed by atoms with Gasteiger partial charge in [-0.25, -0.2) is 8.42 Å². The molecule has 1 aromatic carbocycles. The van der Waals surface area contributed by atoms with Crippen LogP contribution in [-0.4, -0.2) is 98.1 Å². The van der Waals surface area contributed by atoms with E-state index in [4.69, 9.17) is 16.0 Å². The van der Waals surface area contributed by atoms with Gasteiger partial charge in [-0.1, -0.05) is 23.7 Å². The molecule has 4 rings (SSSR count). The number of aryl methyl sites for hydroxylation is 1. The Labute approximate surface area is 198 Å². The lowest BCUT2D eigenvalue weighted by Crippen LogP contribution is -2.55. The summed E-state index contributed by atoms with van der Waals surface area (Å²) < 4.78 is 32.6. The number of furan rings is 1. The van der Waals surface area contributed by atoms with Crippen molar-refractivity contribution in [1.29, 1.82) is 0 Å². The van der Waals surface area contributed by atoms with E-state index in [2.05, 4.69) is 0 Å². The number of hydrogen-bond acceptors (Lipinski definition) is 6. The van der Waals surface area contributed by atoms with Crippen molar-refractivity contribution in [2.75, 3.05) is 58.9 Å². The summed E-state index contributed by atoms with van der Waals surface area (Å²) in [5.41, 5.74) is 0. The van der Waals surface area contributed by atoms with Gasteiger partial charge in [-0.05, 0) is 31.2 Å². The van der Waals surface area contributed by atoms with Gasteiger partial charge in [0.2, 0.25) is 15.9 Å². The summed E-state index contributed by atoms with van der Waals surface area (Å²) in [4.78, 5) is 30.8. The molecule has 2 aliphatic rings. The minimum atomic E-state index is -3.70. The van der Waals surface area contributed by atoms with E-state index < -0.39 is 10.0 Å². The number of piperazine rings is 2. The van der Waals surface area contributed by atoms with Crippen LogP contribution in [-0.2, 0) is 14.8 Å². The molecule has 0 bridgehead atoms. The Kier molecular flexibility index (Phi) is 7.08. The molecule has 0 unspecified atom stereocenters. The lowest BCUT2D eigenvalue weighted by Gasteiger charge is -2.37. The number of amides is 2. The summed E-state index contributed by atoms with van der Waals surface area (Å²) in [6, 6.07) is 9.82. The zero-order valence-corrected chi connectivity index (χ0v) is 20.0. The van der Waals surface area contributed by atoms with Crippen molar-refractivity contribution in [1.82, 2.24) is 19.0 Å². The average Bonchev–Trinajstić information content (AvgIpc) is 3.25. The van der Waals surface area contributed by atoms with Gasteiger partial charge in [0.1, 0.15) is 10.7 Å². The first-order chi connectivity index (χ1) is 15.8. The second-order valence-corrected chi connectivity index (χ2v) is 10.5. The Morgan fingerprint density at radius 1 is 0.909 bits per heavy atom. The summed E-state index contributed by atoms with van der Waals surface area (Å²) in [5.74, 6) is 0.861. The Morgan fingerprint density at radius 2 is 1.55 bits per heavy atom. The third kappa shape index (κ3) is 5.24. The summed E-state index contributed by atoms with van der Waals surface area (Å²) >= 11 is 6.08. The van der Waals surface area contributed by atoms with Crippen LogP contribution in [0.1, 0.15) is 16.3 Å². The molecule has 1 aromatic heterocycles. The smallest absolute Gasteiger partial charge is 0.289 e. The number of hydrogen-bond donors (Lipinski definition) is 0. The van der Waals surface area contributed by atoms with E-state index in [1.807, 2.05) is 4.90 Å². The fourth-order valence-corrected chi connectivity index (χ4v) is 5.99. The fourth-order valence-electron chi connectivity index (χ4n) is 4.08. The summed E-state index contributed by atoms with van der Waals surface area (Å²) in [6.07, 6.45) is 0. The Balaban J connectivity index is 1.25. The maximum Gasteiger partial charge on any atom is 0.289 e. The largest absolute Gasteiger partial charge is 0.456 e. The molecule has 0 radical (unpaired) electrons. The molecular weight excluding hydrogens is 468 g/mol. The number of carbonyl (C=O) groups is 2. The monoisotopic (exact) mass is 494 g/mol. The van der Waals surface area contributed by atoms with Crippen LogP contribution >= 0.6 is 11.6 Å². The topological polar surface area (TPSA) is 94.4 Å². The van der Waals surface area contributed by atoms with Crippen molar-refractivity contribution in [3.05, 3.63) is 52.9 Å². The lowest BCUT2D eigenvalue weighted by atomic mass is 10.2. The number of halogens is 1. The van der Waals surface area contributed by atoms with Gasteiger partial charge < -0.3 is 14.2 Å². The van der Waals surface area contributed by atoms with Crippen LogP contribution in [0.2, 0.25) is 5.02 Å². The highest BCUT2D eigenvalue weighted by Crippen LogP contribution is 2.25. The highest BCUT2D eigenvalue weighted by atomic mass is 35.5. The summed E-state index contributed by atoms with van der Waals surface area (Å²) in [5, 5.41) is 0.191. The van der Waals surface area contributed by atoms with E-state index in [0.717, 1.165) is 0 Å². The summed E-state index contributed by atoms with van der Waals surface area (Å²) in [7, 11) is -3.70. The van der Waals surface area contributed by atoms with Crippen LogP contribution in [0.5, 0.6) is 0 Å². The van der Waals surface area contributed by atoms with Gasteiger partial charge in [0.15, 0.2) is 5.76 Å². The molecule has 0 saturated carbocycles. The fraction of sp³-hybridized carbons (Fsp3) is 0.455. The minimum Gasteiger partial charge on any atom is -0.456 e. The molecule has 0 spiro atoms. The van der Waals surface area contributed by atoms with Crippen molar-refractivity contribution >= 4 is 33.4 Å². The molecule has 0 atom stereocenters. The Morgan fingerprint density at radius 3 is 2.15 bits per heavy atom. The van der Waals surface area contributed by atoms with E-state index >= 15 is 0 Å². The zero-order valence-electron chi connectivity index (χ0n) is 18.4. The quantitative estimate of drug-likeness (QED) is 0.625. The van der Waals surface area contributed by atoms with Crippen LogP contribution < -0.4 is 0 Å². The zero-order chi connectivity index (χ0) is 23.6. The third-order valence-corrected chi connectivity index (χ3v) is 8.41. The highest BCUT2D eigenvalue weighted by Gasteiger charge is 2.32. The molecule has 3 heterocycles. The first kappa shape index (κ1) is 23.7. The van der Waals surface area contributed by atoms with Gasteiger partial charge in [-0.3, -0.25) is 14.5 Å². The molecule has 2 amide bonds. The van der Waals surface area contributed by atoms with Gasteiger partial charge in [0.25, 0.3) is 5.91 Å². The number of nitrogens with zero attached hydrogens (tertiary/aromatic N) is 4. The second-order valence-electron chi connectivity index (χ2n) is 8.19. The number of benzene rings is 1. The maximum atomic E-state index is 12.9. The SMILES string of the molecule is Cc1ccc(C(=O)N2CCN(CC(=O)N3CCN(S(=O)(=O)c4ccccc4Cl)CC3)CC2)o1. The molecule has 2 aromatic rings. The highest BCUT2D eigenvalue weighted by molar-refractivity contribution is 7.89. The van der Waals surface area contributed by atoms with E-state index in [-0.39, 0.29) is 41.4 Å². The molecule has 11 heteroatoms. The van der Waals surface area contributed by atoms with E-state index in [0.29, 0.717) is 50.8 Å². The molecule has 0 aliphatic carbocycles. The predicted octanol–water partition coefficient (Wildman–Crippen LogP) is 1.53. The minimum absolute atomic E-state index is 0.0359. The molecule has 9 nitrogen and oxygen atoms in total. The van der Waals surface area contributed by atoms with E-state index in [1.165, 1.54) is 10.4 Å². The molecule has 2 fully saturated rings. The van der Waals surface area contributed by atoms with Gasteiger partial charge in [0.05, 0.1) is 11.6 Å². The van der Waals surface area contributed by atoms with Crippen molar-refractivity contribution in [3.63, 3.8) is 0 Å². The lowest BCUT2D eigenvalue weighted by molar-refractivity contribution is -0.133. The Hall–Kier alpha value is -2.40. The molecular formula is C22H27ClN4O5S. The standard InChI is InChI=1S/C22H27ClN4O5S/c1-17-6-7-19(32-17)22(29)26-10-8-24(9-11-26)16-21(28)25-12-14-27(15-13-25)33(30,31)20-5-3-2-4-18(20)23/h2-7H,8-16H2,1H3. The molecule has 0 N–H and O–H groups in total. The normalized spacial score (nSPS) is 18.5. The van der Waals surface area contributed by atoms with Gasteiger partial charge >= 0.3 is 0 Å². The summed E-state index contributed by atoms with van der Waals surface area (Å²) in [6.45, 7) is 5.40. The van der Waals surface area contributed by atoms with Crippen molar-refractivity contribution < 1.29 is 22.4 Å². The molecule has 33 heavy (non-hydrogen) atoms. The Bertz CT molecular complexity index is 1120. The molecule has 2 saturated heterocycles. The first-order valence-electron chi connectivity index (χ1n) is 10.9. The van der Waals surface area contributed by atoms with Crippen LogP contribution in [0.4, 0.5) is 0 Å². The average molecular weight is 495 g/mol. The number of sulfonamides is 1. The van der Waals surface area contributed by atoms with Crippen LogP contribution in [0, 0.1) is 6.92 Å². The van der Waals surface area contributed by atoms with Crippen LogP contribution in [0.3, 0.4) is 0 Å². The van der Waals surface area contributed by atoms with Crippen molar-refractivity contribution in [3.8, 4) is 0 Å². The predicted molar refractivity (Wildman–Crippen MR) is 123 cm³/mol. The number of carbonyl (C=O) groups excluding carboxylic acids is 2. The van der Waals surface area contributed by atoms with Crippen LogP contribution in [0.15, 0.2) is 45.7 Å². The van der Waals surface area contributed by atoms with Crippen molar-refractivity contribution in [2.24, 2.45) is 0 Å². The molecule has 2 aliphatic heterocycles. The molecule has 178 valence electrons. The van der Waals surface area contributed by atoms with Gasteiger partial charge in [-0.2, -0.15) is 4.31 Å².